The SMILES string of the molecule is COc1cc(/C=C(/C(=O)O)c2ccccc2)cc(OC)c1O. The molecule has 2 aromatic rings. The zero-order chi connectivity index (χ0) is 16.1. The van der Waals surface area contributed by atoms with Gasteiger partial charge in [0.25, 0.3) is 0 Å². The summed E-state index contributed by atoms with van der Waals surface area (Å²) in [6.07, 6.45) is 1.50. The van der Waals surface area contributed by atoms with Crippen molar-refractivity contribution in [2.45, 2.75) is 0 Å². The molecule has 2 N–H and O–H groups in total. The molecule has 114 valence electrons. The summed E-state index contributed by atoms with van der Waals surface area (Å²) >= 11 is 0. The molecule has 2 rings (SSSR count). The molecule has 0 saturated heterocycles. The van der Waals surface area contributed by atoms with E-state index in [-0.39, 0.29) is 22.8 Å². The predicted octanol–water partition coefficient (Wildman–Crippen LogP) is 3.03. The van der Waals surface area contributed by atoms with Crippen LogP contribution in [-0.2, 0) is 4.79 Å². The van der Waals surface area contributed by atoms with Gasteiger partial charge in [-0.25, -0.2) is 4.79 Å². The Morgan fingerprint density at radius 3 is 2.05 bits per heavy atom. The van der Waals surface area contributed by atoms with Crippen molar-refractivity contribution in [3.8, 4) is 17.2 Å². The van der Waals surface area contributed by atoms with Gasteiger partial charge in [0.15, 0.2) is 11.5 Å². The van der Waals surface area contributed by atoms with Crippen molar-refractivity contribution in [1.82, 2.24) is 0 Å². The number of aromatic hydroxyl groups is 1. The fourth-order valence-electron chi connectivity index (χ4n) is 2.05. The Bertz CT molecular complexity index is 679. The third kappa shape index (κ3) is 3.20. The van der Waals surface area contributed by atoms with Crippen LogP contribution in [0.5, 0.6) is 17.2 Å². The molecule has 0 unspecified atom stereocenters. The van der Waals surface area contributed by atoms with Crippen LogP contribution in [-0.4, -0.2) is 30.4 Å². The highest BCUT2D eigenvalue weighted by Gasteiger charge is 2.14. The van der Waals surface area contributed by atoms with E-state index in [0.717, 1.165) is 0 Å². The number of phenols is 1. The van der Waals surface area contributed by atoms with Crippen LogP contribution in [0.25, 0.3) is 11.6 Å². The van der Waals surface area contributed by atoms with Crippen LogP contribution in [0.2, 0.25) is 0 Å². The maximum Gasteiger partial charge on any atom is 0.336 e. The van der Waals surface area contributed by atoms with Gasteiger partial charge in [0, 0.05) is 0 Å². The molecular formula is C17H16O5. The third-order valence-electron chi connectivity index (χ3n) is 3.13. The number of aliphatic carboxylic acids is 1. The Morgan fingerprint density at radius 1 is 1.05 bits per heavy atom. The maximum atomic E-state index is 11.5. The van der Waals surface area contributed by atoms with Crippen molar-refractivity contribution < 1.29 is 24.5 Å². The van der Waals surface area contributed by atoms with Gasteiger partial charge in [-0.3, -0.25) is 0 Å². The highest BCUT2D eigenvalue weighted by Crippen LogP contribution is 2.38. The fourth-order valence-corrected chi connectivity index (χ4v) is 2.05. The first-order valence-corrected chi connectivity index (χ1v) is 6.52. The van der Waals surface area contributed by atoms with E-state index in [9.17, 15) is 15.0 Å². The Balaban J connectivity index is 2.56. The van der Waals surface area contributed by atoms with Crippen LogP contribution < -0.4 is 9.47 Å². The second kappa shape index (κ2) is 6.67. The first kappa shape index (κ1) is 15.4. The molecule has 0 aliphatic heterocycles. The standard InChI is InChI=1S/C17H16O5/c1-21-14-9-11(10-15(22-2)16(14)18)8-13(17(19)20)12-6-4-3-5-7-12/h3-10,18H,1-2H3,(H,19,20)/b13-8+. The first-order valence-electron chi connectivity index (χ1n) is 6.52. The van der Waals surface area contributed by atoms with Crippen LogP contribution in [0.1, 0.15) is 11.1 Å². The molecule has 0 fully saturated rings. The highest BCUT2D eigenvalue weighted by atomic mass is 16.5. The number of hydrogen-bond acceptors (Lipinski definition) is 4. The predicted molar refractivity (Wildman–Crippen MR) is 83.2 cm³/mol. The lowest BCUT2D eigenvalue weighted by Gasteiger charge is -2.10. The summed E-state index contributed by atoms with van der Waals surface area (Å²) < 4.78 is 10.1. The van der Waals surface area contributed by atoms with Gasteiger partial charge in [0.05, 0.1) is 19.8 Å². The minimum Gasteiger partial charge on any atom is -0.502 e. The Morgan fingerprint density at radius 2 is 1.59 bits per heavy atom. The minimum absolute atomic E-state index is 0.126. The van der Waals surface area contributed by atoms with Crippen molar-refractivity contribution in [3.63, 3.8) is 0 Å². The first-order chi connectivity index (χ1) is 10.6. The van der Waals surface area contributed by atoms with Crippen molar-refractivity contribution >= 4 is 17.6 Å². The van der Waals surface area contributed by atoms with Gasteiger partial charge < -0.3 is 19.7 Å². The molecular weight excluding hydrogens is 284 g/mol. The normalized spacial score (nSPS) is 11.1. The largest absolute Gasteiger partial charge is 0.502 e. The quantitative estimate of drug-likeness (QED) is 0.655. The number of carbonyl (C=O) groups is 1. The van der Waals surface area contributed by atoms with E-state index < -0.39 is 5.97 Å². The van der Waals surface area contributed by atoms with E-state index in [0.29, 0.717) is 11.1 Å². The molecule has 0 atom stereocenters. The van der Waals surface area contributed by atoms with Crippen molar-refractivity contribution in [1.29, 1.82) is 0 Å². The van der Waals surface area contributed by atoms with E-state index in [1.807, 2.05) is 6.07 Å². The van der Waals surface area contributed by atoms with E-state index in [1.54, 1.807) is 36.4 Å². The van der Waals surface area contributed by atoms with Crippen molar-refractivity contribution in [3.05, 3.63) is 53.6 Å². The van der Waals surface area contributed by atoms with Gasteiger partial charge in [-0.2, -0.15) is 0 Å². The van der Waals surface area contributed by atoms with Crippen molar-refractivity contribution in [2.24, 2.45) is 0 Å². The number of hydrogen-bond donors (Lipinski definition) is 2. The summed E-state index contributed by atoms with van der Waals surface area (Å²) in [6.45, 7) is 0. The molecule has 0 heterocycles. The molecule has 0 aliphatic carbocycles. The second-order valence-corrected chi connectivity index (χ2v) is 4.50. The third-order valence-corrected chi connectivity index (χ3v) is 3.13. The average Bonchev–Trinajstić information content (AvgIpc) is 2.54. The molecule has 0 amide bonds. The molecule has 5 heteroatoms. The molecule has 0 saturated carbocycles. The molecule has 22 heavy (non-hydrogen) atoms. The molecule has 5 nitrogen and oxygen atoms in total. The highest BCUT2D eigenvalue weighted by molar-refractivity contribution is 6.20. The van der Waals surface area contributed by atoms with Crippen molar-refractivity contribution in [2.75, 3.05) is 14.2 Å². The molecule has 2 aromatic carbocycles. The molecule has 0 radical (unpaired) electrons. The van der Waals surface area contributed by atoms with Gasteiger partial charge in [0.2, 0.25) is 5.75 Å². The minimum atomic E-state index is -1.04. The van der Waals surface area contributed by atoms with E-state index in [1.165, 1.54) is 20.3 Å². The molecule has 0 bridgehead atoms. The summed E-state index contributed by atoms with van der Waals surface area (Å²) in [7, 11) is 2.83. The van der Waals surface area contributed by atoms with Gasteiger partial charge in [-0.1, -0.05) is 30.3 Å². The van der Waals surface area contributed by atoms with Gasteiger partial charge in [0.1, 0.15) is 0 Å². The van der Waals surface area contributed by atoms with E-state index in [4.69, 9.17) is 9.47 Å². The number of carboxylic acids is 1. The summed E-state index contributed by atoms with van der Waals surface area (Å²) in [5, 5.41) is 19.3. The van der Waals surface area contributed by atoms with E-state index in [2.05, 4.69) is 0 Å². The van der Waals surface area contributed by atoms with Crippen LogP contribution in [0.4, 0.5) is 0 Å². The molecule has 0 aliphatic rings. The van der Waals surface area contributed by atoms with Crippen LogP contribution in [0, 0.1) is 0 Å². The second-order valence-electron chi connectivity index (χ2n) is 4.50. The Labute approximate surface area is 128 Å². The number of benzene rings is 2. The smallest absolute Gasteiger partial charge is 0.336 e. The Hall–Kier alpha value is -2.95. The zero-order valence-corrected chi connectivity index (χ0v) is 12.2. The van der Waals surface area contributed by atoms with Gasteiger partial charge in [-0.05, 0) is 29.3 Å². The Kier molecular flexibility index (Phi) is 4.68. The number of rotatable bonds is 5. The fraction of sp³-hybridized carbons (Fsp3) is 0.118. The topological polar surface area (TPSA) is 76.0 Å². The van der Waals surface area contributed by atoms with Gasteiger partial charge in [-0.15, -0.1) is 0 Å². The van der Waals surface area contributed by atoms with E-state index >= 15 is 0 Å². The molecule has 0 spiro atoms. The number of phenolic OH excluding ortho intramolecular Hbond substituents is 1. The molecule has 0 aromatic heterocycles. The lowest BCUT2D eigenvalue weighted by Crippen LogP contribution is -1.99. The summed E-state index contributed by atoms with van der Waals surface area (Å²) in [6, 6.07) is 11.9. The lowest BCUT2D eigenvalue weighted by molar-refractivity contribution is -0.130. The average molecular weight is 300 g/mol. The lowest BCUT2D eigenvalue weighted by atomic mass is 10.0. The van der Waals surface area contributed by atoms with Crippen LogP contribution >= 0.6 is 0 Å². The van der Waals surface area contributed by atoms with Crippen LogP contribution in [0.3, 0.4) is 0 Å². The number of carboxylic acid groups (broad SMARTS) is 1. The number of ether oxygens (including phenoxy) is 2. The maximum absolute atomic E-state index is 11.5. The summed E-state index contributed by atoms with van der Waals surface area (Å²) in [4.78, 5) is 11.5. The van der Waals surface area contributed by atoms with Crippen LogP contribution in [0.15, 0.2) is 42.5 Å². The van der Waals surface area contributed by atoms with Gasteiger partial charge >= 0.3 is 5.97 Å². The zero-order valence-electron chi connectivity index (χ0n) is 12.2. The number of methoxy groups -OCH3 is 2. The monoisotopic (exact) mass is 300 g/mol. The summed E-state index contributed by atoms with van der Waals surface area (Å²) in [5.41, 5.74) is 1.27. The summed E-state index contributed by atoms with van der Waals surface area (Å²) in [5.74, 6) is -0.747.